The van der Waals surface area contributed by atoms with Crippen LogP contribution in [0.4, 0.5) is 0 Å². The fourth-order valence-corrected chi connectivity index (χ4v) is 3.21. The Morgan fingerprint density at radius 3 is 2.54 bits per heavy atom. The van der Waals surface area contributed by atoms with Crippen molar-refractivity contribution in [2.45, 2.75) is 69.9 Å². The Labute approximate surface area is 151 Å². The Morgan fingerprint density at radius 2 is 1.88 bits per heavy atom. The summed E-state index contributed by atoms with van der Waals surface area (Å²) in [5.41, 5.74) is 5.43. The minimum absolute atomic E-state index is 0.0528. The van der Waals surface area contributed by atoms with Crippen molar-refractivity contribution in [3.05, 3.63) is 0 Å². The van der Waals surface area contributed by atoms with E-state index in [0.717, 1.165) is 31.6 Å². The zero-order chi connectivity index (χ0) is 17.6. The number of nitrogens with one attached hydrogen (secondary N) is 3. The molecule has 6 nitrogen and oxygen atoms in total. The smallest absolute Gasteiger partial charge is 0.242 e. The van der Waals surface area contributed by atoms with Gasteiger partial charge in [-0.25, -0.2) is 0 Å². The van der Waals surface area contributed by atoms with Crippen LogP contribution in [-0.2, 0) is 9.59 Å². The lowest BCUT2D eigenvalue weighted by atomic mass is 10.1. The number of hydrogen-bond donors (Lipinski definition) is 5. The Bertz CT molecular complexity index is 362. The largest absolute Gasteiger partial charge is 0.353 e. The summed E-state index contributed by atoms with van der Waals surface area (Å²) in [5.74, 6) is 0.652. The molecule has 1 aliphatic carbocycles. The zero-order valence-corrected chi connectivity index (χ0v) is 15.6. The maximum Gasteiger partial charge on any atom is 0.242 e. The third-order valence-corrected chi connectivity index (χ3v) is 4.69. The first-order valence-electron chi connectivity index (χ1n) is 9.28. The number of amides is 2. The summed E-state index contributed by atoms with van der Waals surface area (Å²) in [4.78, 5) is 24.3. The molecular weight excluding hydrogens is 324 g/mol. The molecule has 0 radical (unpaired) electrons. The molecule has 0 aromatic rings. The van der Waals surface area contributed by atoms with Crippen LogP contribution < -0.4 is 21.7 Å². The molecule has 0 bridgehead atoms. The van der Waals surface area contributed by atoms with Gasteiger partial charge < -0.3 is 21.7 Å². The van der Waals surface area contributed by atoms with Crippen LogP contribution in [0.2, 0.25) is 0 Å². The fourth-order valence-electron chi connectivity index (χ4n) is 2.99. The molecule has 24 heavy (non-hydrogen) atoms. The van der Waals surface area contributed by atoms with Crippen molar-refractivity contribution >= 4 is 24.4 Å². The summed E-state index contributed by atoms with van der Waals surface area (Å²) < 4.78 is 0. The van der Waals surface area contributed by atoms with Crippen molar-refractivity contribution in [1.29, 1.82) is 0 Å². The predicted molar refractivity (Wildman–Crippen MR) is 101 cm³/mol. The van der Waals surface area contributed by atoms with Gasteiger partial charge in [0.25, 0.3) is 0 Å². The molecule has 0 aromatic carbocycles. The molecule has 1 atom stereocenters. The SMILES string of the molecule is NCCNC(=O)[C@H](CCNC1CCCC1)NC(=O)CCCCCS. The number of rotatable bonds is 13. The molecule has 1 rings (SSSR count). The molecule has 0 aliphatic heterocycles. The highest BCUT2D eigenvalue weighted by molar-refractivity contribution is 7.80. The summed E-state index contributed by atoms with van der Waals surface area (Å²) in [6.45, 7) is 1.57. The topological polar surface area (TPSA) is 96.2 Å². The fraction of sp³-hybridized carbons (Fsp3) is 0.882. The van der Waals surface area contributed by atoms with E-state index in [1.165, 1.54) is 25.7 Å². The van der Waals surface area contributed by atoms with Crippen molar-refractivity contribution in [3.63, 3.8) is 0 Å². The average molecular weight is 359 g/mol. The lowest BCUT2D eigenvalue weighted by Crippen LogP contribution is -2.49. The molecule has 1 aliphatic rings. The predicted octanol–water partition coefficient (Wildman–Crippen LogP) is 0.959. The van der Waals surface area contributed by atoms with Crippen LogP contribution in [0, 0.1) is 0 Å². The van der Waals surface area contributed by atoms with Crippen LogP contribution in [0.3, 0.4) is 0 Å². The summed E-state index contributed by atoms with van der Waals surface area (Å²) in [6, 6.07) is 0.0810. The van der Waals surface area contributed by atoms with Crippen LogP contribution in [0.25, 0.3) is 0 Å². The molecule has 0 unspecified atom stereocenters. The maximum absolute atomic E-state index is 12.2. The van der Waals surface area contributed by atoms with Gasteiger partial charge >= 0.3 is 0 Å². The number of nitrogens with two attached hydrogens (primary N) is 1. The highest BCUT2D eigenvalue weighted by atomic mass is 32.1. The molecule has 7 heteroatoms. The van der Waals surface area contributed by atoms with Gasteiger partial charge in [-0.3, -0.25) is 9.59 Å². The van der Waals surface area contributed by atoms with E-state index < -0.39 is 6.04 Å². The van der Waals surface area contributed by atoms with Crippen LogP contribution in [0.1, 0.15) is 57.8 Å². The normalized spacial score (nSPS) is 16.1. The van der Waals surface area contributed by atoms with Crippen molar-refractivity contribution < 1.29 is 9.59 Å². The monoisotopic (exact) mass is 358 g/mol. The van der Waals surface area contributed by atoms with E-state index in [1.54, 1.807) is 0 Å². The van der Waals surface area contributed by atoms with Gasteiger partial charge in [-0.1, -0.05) is 19.3 Å². The van der Waals surface area contributed by atoms with Crippen LogP contribution >= 0.6 is 12.6 Å². The van der Waals surface area contributed by atoms with Gasteiger partial charge in [0.2, 0.25) is 11.8 Å². The molecule has 1 fully saturated rings. The quantitative estimate of drug-likeness (QED) is 0.250. The minimum Gasteiger partial charge on any atom is -0.353 e. The van der Waals surface area contributed by atoms with E-state index in [9.17, 15) is 9.59 Å². The Kier molecular flexibility index (Phi) is 12.0. The van der Waals surface area contributed by atoms with Crippen molar-refractivity contribution in [2.75, 3.05) is 25.4 Å². The van der Waals surface area contributed by atoms with Gasteiger partial charge in [0, 0.05) is 25.6 Å². The molecule has 5 N–H and O–H groups in total. The van der Waals surface area contributed by atoms with Gasteiger partial charge in [0.1, 0.15) is 6.04 Å². The standard InChI is InChI=1S/C17H34N4O2S/c18-10-12-20-17(23)15(9-11-19-14-6-3-4-7-14)21-16(22)8-2-1-5-13-24/h14-15,19,24H,1-13,18H2,(H,20,23)(H,21,22)/t15-/m0/s1. The number of thiol groups is 1. The van der Waals surface area contributed by atoms with Gasteiger partial charge in [0.15, 0.2) is 0 Å². The van der Waals surface area contributed by atoms with Crippen molar-refractivity contribution in [1.82, 2.24) is 16.0 Å². The second-order valence-electron chi connectivity index (χ2n) is 6.46. The lowest BCUT2D eigenvalue weighted by Gasteiger charge is -2.20. The molecule has 0 saturated heterocycles. The van der Waals surface area contributed by atoms with Crippen LogP contribution in [0.15, 0.2) is 0 Å². The van der Waals surface area contributed by atoms with Crippen LogP contribution in [-0.4, -0.2) is 49.3 Å². The number of unbranched alkanes of at least 4 members (excludes halogenated alkanes) is 2. The van der Waals surface area contributed by atoms with E-state index in [2.05, 4.69) is 28.6 Å². The third-order valence-electron chi connectivity index (χ3n) is 4.38. The minimum atomic E-state index is -0.483. The van der Waals surface area contributed by atoms with Crippen molar-refractivity contribution in [2.24, 2.45) is 5.73 Å². The van der Waals surface area contributed by atoms with E-state index in [0.29, 0.717) is 32.0 Å². The van der Waals surface area contributed by atoms with E-state index >= 15 is 0 Å². The van der Waals surface area contributed by atoms with E-state index in [-0.39, 0.29) is 11.8 Å². The van der Waals surface area contributed by atoms with Crippen LogP contribution in [0.5, 0.6) is 0 Å². The van der Waals surface area contributed by atoms with E-state index in [4.69, 9.17) is 5.73 Å². The highest BCUT2D eigenvalue weighted by Crippen LogP contribution is 2.17. The first kappa shape index (κ1) is 21.3. The number of carbonyl (C=O) groups excluding carboxylic acids is 2. The molecule has 0 spiro atoms. The average Bonchev–Trinajstić information content (AvgIpc) is 3.09. The third kappa shape index (κ3) is 9.49. The summed E-state index contributed by atoms with van der Waals surface area (Å²) in [5, 5.41) is 9.14. The highest BCUT2D eigenvalue weighted by Gasteiger charge is 2.21. The van der Waals surface area contributed by atoms with Gasteiger partial charge in [-0.2, -0.15) is 12.6 Å². The number of hydrogen-bond acceptors (Lipinski definition) is 5. The molecule has 0 aromatic heterocycles. The second kappa shape index (κ2) is 13.5. The van der Waals surface area contributed by atoms with Gasteiger partial charge in [-0.05, 0) is 44.4 Å². The molecule has 1 saturated carbocycles. The Balaban J connectivity index is 2.35. The van der Waals surface area contributed by atoms with Crippen molar-refractivity contribution in [3.8, 4) is 0 Å². The molecule has 0 heterocycles. The molecule has 140 valence electrons. The first-order valence-corrected chi connectivity index (χ1v) is 9.92. The Hall–Kier alpha value is -0.790. The van der Waals surface area contributed by atoms with E-state index in [1.807, 2.05) is 0 Å². The summed E-state index contributed by atoms with van der Waals surface area (Å²) in [6.07, 6.45) is 8.89. The maximum atomic E-state index is 12.2. The second-order valence-corrected chi connectivity index (χ2v) is 6.91. The zero-order valence-electron chi connectivity index (χ0n) is 14.7. The Morgan fingerprint density at radius 1 is 1.12 bits per heavy atom. The molecule has 2 amide bonds. The van der Waals surface area contributed by atoms with Gasteiger partial charge in [-0.15, -0.1) is 0 Å². The molecular formula is C17H34N4O2S. The lowest BCUT2D eigenvalue weighted by molar-refractivity contribution is -0.129. The first-order chi connectivity index (χ1) is 11.7. The summed E-state index contributed by atoms with van der Waals surface area (Å²) in [7, 11) is 0. The number of carbonyl (C=O) groups is 2. The summed E-state index contributed by atoms with van der Waals surface area (Å²) >= 11 is 4.16. The van der Waals surface area contributed by atoms with Gasteiger partial charge in [0.05, 0.1) is 0 Å².